The highest BCUT2D eigenvalue weighted by Crippen LogP contribution is 2.26. The summed E-state index contributed by atoms with van der Waals surface area (Å²) in [4.78, 5) is 27.5. The first-order chi connectivity index (χ1) is 12.7. The molecule has 0 spiro atoms. The molecule has 0 bridgehead atoms. The van der Waals surface area contributed by atoms with E-state index < -0.39 is 0 Å². The van der Waals surface area contributed by atoms with Crippen molar-refractivity contribution < 1.29 is 14.3 Å². The van der Waals surface area contributed by atoms with Crippen LogP contribution < -0.4 is 10.1 Å². The molecule has 2 heterocycles. The van der Waals surface area contributed by atoms with Gasteiger partial charge < -0.3 is 9.30 Å². The van der Waals surface area contributed by atoms with Gasteiger partial charge in [-0.25, -0.2) is 4.98 Å². The van der Waals surface area contributed by atoms with Crippen LogP contribution in [0.3, 0.4) is 0 Å². The zero-order valence-electron chi connectivity index (χ0n) is 13.7. The lowest BCUT2D eigenvalue weighted by Crippen LogP contribution is -2.17. The molecular weight excluding hydrogens is 350 g/mol. The van der Waals surface area contributed by atoms with Crippen LogP contribution >= 0.6 is 11.8 Å². The van der Waals surface area contributed by atoms with E-state index >= 15 is 0 Å². The fourth-order valence-corrected chi connectivity index (χ4v) is 3.37. The van der Waals surface area contributed by atoms with Gasteiger partial charge in [0.2, 0.25) is 0 Å². The van der Waals surface area contributed by atoms with Crippen LogP contribution in [0.15, 0.2) is 59.8 Å². The molecule has 2 aromatic carbocycles. The molecule has 1 N–H and O–H groups in total. The van der Waals surface area contributed by atoms with Crippen LogP contribution in [-0.4, -0.2) is 27.3 Å². The molecule has 0 saturated carbocycles. The van der Waals surface area contributed by atoms with Gasteiger partial charge >= 0.3 is 0 Å². The SMILES string of the molecule is O=C1NC(=O)/C(=C/c2ccc(OCCn3cnc4ccccc43)cc2)S1. The standard InChI is InChI=1S/C19H15N3O3S/c23-18-17(26-19(24)21-18)11-13-5-7-14(8-6-13)25-10-9-22-12-20-15-3-1-2-4-16(15)22/h1-8,11-12H,9-10H2,(H,21,23,24)/b17-11-. The van der Waals surface area contributed by atoms with Crippen molar-refractivity contribution in [3.8, 4) is 5.75 Å². The lowest BCUT2D eigenvalue weighted by atomic mass is 10.2. The van der Waals surface area contributed by atoms with Crippen LogP contribution in [0, 0.1) is 0 Å². The highest BCUT2D eigenvalue weighted by atomic mass is 32.2. The van der Waals surface area contributed by atoms with Gasteiger partial charge in [0, 0.05) is 0 Å². The smallest absolute Gasteiger partial charge is 0.290 e. The molecule has 1 aliphatic heterocycles. The van der Waals surface area contributed by atoms with Crippen molar-refractivity contribution in [3.05, 3.63) is 65.3 Å². The van der Waals surface area contributed by atoms with Gasteiger partial charge in [0.05, 0.1) is 28.8 Å². The Bertz CT molecular complexity index is 1010. The van der Waals surface area contributed by atoms with Crippen molar-refractivity contribution in [1.29, 1.82) is 0 Å². The minimum atomic E-state index is -0.354. The summed E-state index contributed by atoms with van der Waals surface area (Å²) in [5.74, 6) is 0.393. The maximum Gasteiger partial charge on any atom is 0.290 e. The first-order valence-electron chi connectivity index (χ1n) is 8.07. The normalized spacial score (nSPS) is 15.6. The number of carbonyl (C=O) groups excluding carboxylic acids is 2. The molecule has 1 saturated heterocycles. The summed E-state index contributed by atoms with van der Waals surface area (Å²) >= 11 is 0.908. The van der Waals surface area contributed by atoms with Gasteiger partial charge in [-0.2, -0.15) is 0 Å². The molecular formula is C19H15N3O3S. The van der Waals surface area contributed by atoms with Crippen LogP contribution in [0.1, 0.15) is 5.56 Å². The predicted molar refractivity (Wildman–Crippen MR) is 101 cm³/mol. The second-order valence-corrected chi connectivity index (χ2v) is 6.71. The van der Waals surface area contributed by atoms with E-state index in [9.17, 15) is 9.59 Å². The number of ether oxygens (including phenoxy) is 1. The van der Waals surface area contributed by atoms with E-state index in [2.05, 4.69) is 14.9 Å². The van der Waals surface area contributed by atoms with Gasteiger partial charge in [-0.05, 0) is 47.7 Å². The van der Waals surface area contributed by atoms with E-state index in [4.69, 9.17) is 4.74 Å². The number of aromatic nitrogens is 2. The third kappa shape index (κ3) is 3.48. The Morgan fingerprint density at radius 3 is 2.69 bits per heavy atom. The number of nitrogens with one attached hydrogen (secondary N) is 1. The number of imide groups is 1. The number of hydrogen-bond acceptors (Lipinski definition) is 5. The Morgan fingerprint density at radius 1 is 1.12 bits per heavy atom. The predicted octanol–water partition coefficient (Wildman–Crippen LogP) is 3.44. The number of nitrogens with zero attached hydrogens (tertiary/aromatic N) is 2. The van der Waals surface area contributed by atoms with Gasteiger partial charge in [-0.3, -0.25) is 14.9 Å². The number of benzene rings is 2. The lowest BCUT2D eigenvalue weighted by Gasteiger charge is -2.08. The van der Waals surface area contributed by atoms with Crippen LogP contribution in [0.4, 0.5) is 4.79 Å². The van der Waals surface area contributed by atoms with Crippen molar-refractivity contribution in [2.24, 2.45) is 0 Å². The van der Waals surface area contributed by atoms with Crippen molar-refractivity contribution in [2.45, 2.75) is 6.54 Å². The molecule has 1 aliphatic rings. The molecule has 4 rings (SSSR count). The number of hydrogen-bond donors (Lipinski definition) is 1. The Morgan fingerprint density at radius 2 is 1.92 bits per heavy atom. The maximum absolute atomic E-state index is 11.5. The van der Waals surface area contributed by atoms with Crippen LogP contribution in [0.25, 0.3) is 17.1 Å². The Labute approximate surface area is 153 Å². The Balaban J connectivity index is 1.37. The van der Waals surface area contributed by atoms with E-state index in [0.717, 1.165) is 34.1 Å². The van der Waals surface area contributed by atoms with Gasteiger partial charge in [0.25, 0.3) is 11.1 Å². The summed E-state index contributed by atoms with van der Waals surface area (Å²) in [6.45, 7) is 1.22. The minimum Gasteiger partial charge on any atom is -0.492 e. The zero-order valence-corrected chi connectivity index (χ0v) is 14.5. The van der Waals surface area contributed by atoms with E-state index in [1.165, 1.54) is 0 Å². The van der Waals surface area contributed by atoms with Crippen molar-refractivity contribution in [1.82, 2.24) is 14.9 Å². The van der Waals surface area contributed by atoms with Gasteiger partial charge in [-0.15, -0.1) is 0 Å². The molecule has 2 amide bonds. The number of rotatable bonds is 5. The topological polar surface area (TPSA) is 73.2 Å². The van der Waals surface area contributed by atoms with Crippen molar-refractivity contribution >= 4 is 40.0 Å². The molecule has 1 aromatic heterocycles. The molecule has 26 heavy (non-hydrogen) atoms. The van der Waals surface area contributed by atoms with Crippen LogP contribution in [-0.2, 0) is 11.3 Å². The molecule has 0 radical (unpaired) electrons. The molecule has 6 nitrogen and oxygen atoms in total. The molecule has 3 aromatic rings. The summed E-state index contributed by atoms with van der Waals surface area (Å²) in [6.07, 6.45) is 3.50. The molecule has 0 aliphatic carbocycles. The fourth-order valence-electron chi connectivity index (χ4n) is 2.68. The fraction of sp³-hybridized carbons (Fsp3) is 0.105. The van der Waals surface area contributed by atoms with Crippen molar-refractivity contribution in [3.63, 3.8) is 0 Å². The maximum atomic E-state index is 11.5. The van der Waals surface area contributed by atoms with Crippen molar-refractivity contribution in [2.75, 3.05) is 6.61 Å². The van der Waals surface area contributed by atoms with Gasteiger partial charge in [0.15, 0.2) is 0 Å². The number of thioether (sulfide) groups is 1. The summed E-state index contributed by atoms with van der Waals surface area (Å²) in [5, 5.41) is 1.90. The number of para-hydroxylation sites is 2. The number of fused-ring (bicyclic) bond motifs is 1. The summed E-state index contributed by atoms with van der Waals surface area (Å²) in [6, 6.07) is 15.4. The number of imidazole rings is 1. The molecule has 0 unspecified atom stereocenters. The monoisotopic (exact) mass is 365 g/mol. The van der Waals surface area contributed by atoms with Gasteiger partial charge in [-0.1, -0.05) is 24.3 Å². The first-order valence-corrected chi connectivity index (χ1v) is 8.88. The average Bonchev–Trinajstić information content (AvgIpc) is 3.19. The molecule has 1 fully saturated rings. The third-order valence-corrected chi connectivity index (χ3v) is 4.76. The molecule has 7 heteroatoms. The zero-order chi connectivity index (χ0) is 17.9. The highest BCUT2D eigenvalue weighted by Gasteiger charge is 2.24. The lowest BCUT2D eigenvalue weighted by molar-refractivity contribution is -0.115. The average molecular weight is 365 g/mol. The van der Waals surface area contributed by atoms with Gasteiger partial charge in [0.1, 0.15) is 12.4 Å². The molecule has 0 atom stereocenters. The second-order valence-electron chi connectivity index (χ2n) is 5.70. The Hall–Kier alpha value is -3.06. The molecule has 130 valence electrons. The number of carbonyl (C=O) groups is 2. The minimum absolute atomic E-state index is 0.340. The first kappa shape index (κ1) is 16.4. The number of amides is 2. The summed E-state index contributed by atoms with van der Waals surface area (Å²) in [5.41, 5.74) is 2.89. The van der Waals surface area contributed by atoms with Crippen LogP contribution in [0.5, 0.6) is 5.75 Å². The summed E-state index contributed by atoms with van der Waals surface area (Å²) in [7, 11) is 0. The highest BCUT2D eigenvalue weighted by molar-refractivity contribution is 8.18. The largest absolute Gasteiger partial charge is 0.492 e. The summed E-state index contributed by atoms with van der Waals surface area (Å²) < 4.78 is 7.84. The third-order valence-electron chi connectivity index (χ3n) is 3.95. The second kappa shape index (κ2) is 7.05. The Kier molecular flexibility index (Phi) is 4.45. The van der Waals surface area contributed by atoms with E-state index in [-0.39, 0.29) is 11.1 Å². The quantitative estimate of drug-likeness (QED) is 0.701. The van der Waals surface area contributed by atoms with Crippen LogP contribution in [0.2, 0.25) is 0 Å². The van der Waals surface area contributed by atoms with E-state index in [1.807, 2.05) is 54.9 Å². The van der Waals surface area contributed by atoms with E-state index in [0.29, 0.717) is 18.1 Å². The van der Waals surface area contributed by atoms with E-state index in [1.54, 1.807) is 6.08 Å².